The molecule has 0 saturated heterocycles. The van der Waals surface area contributed by atoms with E-state index < -0.39 is 36.0 Å². The summed E-state index contributed by atoms with van der Waals surface area (Å²) in [5, 5.41) is 0. The molecule has 1 aliphatic heterocycles. The van der Waals surface area contributed by atoms with Gasteiger partial charge in [-0.05, 0) is 0 Å². The molecule has 0 amide bonds. The van der Waals surface area contributed by atoms with Gasteiger partial charge in [0, 0.05) is 0 Å². The van der Waals surface area contributed by atoms with E-state index in [1.165, 1.54) is 24.3 Å². The van der Waals surface area contributed by atoms with Crippen LogP contribution in [0.15, 0.2) is 24.3 Å². The van der Waals surface area contributed by atoms with Crippen molar-refractivity contribution in [2.75, 3.05) is 0 Å². The normalized spacial score (nSPS) is 27.1. The molecule has 0 spiro atoms. The Morgan fingerprint density at radius 2 is 1.94 bits per heavy atom. The molecule has 10 heteroatoms. The van der Waals surface area contributed by atoms with Crippen LogP contribution in [0, 0.1) is 3.57 Å². The quantitative estimate of drug-likeness (QED) is 0.243. The van der Waals surface area contributed by atoms with E-state index in [0.717, 1.165) is 0 Å². The summed E-state index contributed by atoms with van der Waals surface area (Å²) in [4.78, 5) is 11.3. The minimum absolute atomic E-state index is 0.0491. The van der Waals surface area contributed by atoms with Crippen LogP contribution in [0.2, 0.25) is 0 Å². The summed E-state index contributed by atoms with van der Waals surface area (Å²) >= 11 is -4.76. The third kappa shape index (κ3) is 2.56. The van der Waals surface area contributed by atoms with Crippen LogP contribution in [-0.2, 0) is 21.0 Å². The molecule has 17 heavy (non-hydrogen) atoms. The molecule has 1 atom stereocenters. The van der Waals surface area contributed by atoms with Crippen LogP contribution in [-0.4, -0.2) is 22.4 Å². The maximum absolute atomic E-state index is 11.3. The molecule has 2 rings (SSSR count). The van der Waals surface area contributed by atoms with Crippen molar-refractivity contribution >= 4 is 16.4 Å². The molecular formula is C7H6IO8S-. The van der Waals surface area contributed by atoms with Gasteiger partial charge in [0.2, 0.25) is 0 Å². The Labute approximate surface area is 101 Å². The zero-order valence-corrected chi connectivity index (χ0v) is 10.9. The second-order valence-electron chi connectivity index (χ2n) is 2.84. The average molecular weight is 377 g/mol. The van der Waals surface area contributed by atoms with Crippen molar-refractivity contribution < 1.29 is 51.5 Å². The predicted molar refractivity (Wildman–Crippen MR) is 46.5 cm³/mol. The molecule has 0 saturated carbocycles. The van der Waals surface area contributed by atoms with Crippen LogP contribution in [0.5, 0.6) is 0 Å². The summed E-state index contributed by atoms with van der Waals surface area (Å²) < 4.78 is 51.3. The Kier molecular flexibility index (Phi) is 3.09. The molecule has 1 unspecified atom stereocenters. The van der Waals surface area contributed by atoms with E-state index in [9.17, 15) is 16.6 Å². The fourth-order valence-electron chi connectivity index (χ4n) is 1.13. The van der Waals surface area contributed by atoms with Crippen LogP contribution in [0.1, 0.15) is 10.4 Å². The molecule has 1 heterocycles. The first-order valence-corrected chi connectivity index (χ1v) is 9.17. The third-order valence-corrected chi connectivity index (χ3v) is 6.28. The van der Waals surface area contributed by atoms with Crippen LogP contribution in [0.4, 0.5) is 0 Å². The molecule has 96 valence electrons. The molecule has 1 aliphatic rings. The number of fused-ring (bicyclic) bond motifs is 1. The minimum atomic E-state index is -4.90. The first-order chi connectivity index (χ1) is 7.82. The molecule has 1 aromatic rings. The molecule has 0 radical (unpaired) electrons. The van der Waals surface area contributed by atoms with E-state index in [2.05, 4.69) is 10.6 Å². The van der Waals surface area contributed by atoms with Crippen LogP contribution in [0.3, 0.4) is 0 Å². The summed E-state index contributed by atoms with van der Waals surface area (Å²) in [5.74, 6) is -0.835. The van der Waals surface area contributed by atoms with Crippen molar-refractivity contribution in [1.82, 2.24) is 0 Å². The number of halogens is 1. The standard InChI is InChI=1S/C7H6IO8S/c9-7-5-3-1-2-4-6(5)8(10,14-7)15-16-17(11,12)13/h1-4,10H,(H,11,12,13)/q-1. The van der Waals surface area contributed by atoms with Crippen LogP contribution < -0.4 is 19.7 Å². The predicted octanol–water partition coefficient (Wildman–Crippen LogP) is -3.32. The molecule has 8 nitrogen and oxygen atoms in total. The molecule has 2 N–H and O–H groups in total. The third-order valence-electron chi connectivity index (χ3n) is 1.72. The number of carbonyl (C=O) groups is 1. The molecule has 0 fully saturated rings. The zero-order valence-electron chi connectivity index (χ0n) is 7.94. The van der Waals surface area contributed by atoms with Gasteiger partial charge >= 0.3 is 101 Å². The van der Waals surface area contributed by atoms with Gasteiger partial charge in [-0.2, -0.15) is 0 Å². The molecule has 1 aromatic carbocycles. The Hall–Kier alpha value is -0.790. The van der Waals surface area contributed by atoms with E-state index in [-0.39, 0.29) is 9.13 Å². The fourth-order valence-corrected chi connectivity index (χ4v) is 5.50. The topological polar surface area (TPSA) is 119 Å². The number of hydrogen-bond acceptors (Lipinski definition) is 7. The Morgan fingerprint density at radius 1 is 1.29 bits per heavy atom. The maximum atomic E-state index is 11.3. The van der Waals surface area contributed by atoms with Gasteiger partial charge in [-0.25, -0.2) is 0 Å². The Balaban J connectivity index is 2.32. The second kappa shape index (κ2) is 4.15. The Bertz CT molecular complexity index is 569. The van der Waals surface area contributed by atoms with Crippen LogP contribution in [0.25, 0.3) is 0 Å². The van der Waals surface area contributed by atoms with Crippen molar-refractivity contribution in [3.63, 3.8) is 0 Å². The number of hydrogen-bond donors (Lipinski definition) is 2. The first-order valence-electron chi connectivity index (χ1n) is 4.00. The Morgan fingerprint density at radius 3 is 2.59 bits per heavy atom. The average Bonchev–Trinajstić information content (AvgIpc) is 2.50. The van der Waals surface area contributed by atoms with Gasteiger partial charge < -0.3 is 0 Å². The van der Waals surface area contributed by atoms with Crippen LogP contribution >= 0.6 is 0 Å². The van der Waals surface area contributed by atoms with Gasteiger partial charge in [0.05, 0.1) is 0 Å². The van der Waals surface area contributed by atoms with Crippen molar-refractivity contribution in [3.05, 3.63) is 33.4 Å². The van der Waals surface area contributed by atoms with Crippen molar-refractivity contribution in [1.29, 1.82) is 0 Å². The molecule has 0 bridgehead atoms. The van der Waals surface area contributed by atoms with E-state index in [4.69, 9.17) is 4.55 Å². The monoisotopic (exact) mass is 377 g/mol. The molecular weight excluding hydrogens is 371 g/mol. The van der Waals surface area contributed by atoms with Crippen molar-refractivity contribution in [2.45, 2.75) is 0 Å². The summed E-state index contributed by atoms with van der Waals surface area (Å²) in [6.45, 7) is 0. The second-order valence-corrected chi connectivity index (χ2v) is 8.31. The summed E-state index contributed by atoms with van der Waals surface area (Å²) in [6.07, 6.45) is 0. The molecule has 0 aromatic heterocycles. The zero-order chi connectivity index (χ0) is 12.7. The summed E-state index contributed by atoms with van der Waals surface area (Å²) in [5.41, 5.74) is 0.0744. The number of rotatable bonds is 3. The van der Waals surface area contributed by atoms with Gasteiger partial charge in [0.1, 0.15) is 0 Å². The fraction of sp³-hybridized carbons (Fsp3) is 0. The van der Waals surface area contributed by atoms with E-state index in [1.807, 2.05) is 0 Å². The number of benzene rings is 1. The molecule has 0 aliphatic carbocycles. The van der Waals surface area contributed by atoms with E-state index >= 15 is 0 Å². The first kappa shape index (κ1) is 12.7. The number of carbonyl (C=O) groups excluding carboxylic acids is 1. The van der Waals surface area contributed by atoms with Crippen molar-refractivity contribution in [2.24, 2.45) is 0 Å². The van der Waals surface area contributed by atoms with Crippen molar-refractivity contribution in [3.8, 4) is 0 Å². The van der Waals surface area contributed by atoms with Gasteiger partial charge in [0.15, 0.2) is 0 Å². The SMILES string of the molecule is O=C1O[I-](O)(OOS(=O)(=O)O)c2ccccc21. The van der Waals surface area contributed by atoms with Gasteiger partial charge in [0.25, 0.3) is 0 Å². The van der Waals surface area contributed by atoms with Gasteiger partial charge in [-0.3, -0.25) is 0 Å². The van der Waals surface area contributed by atoms with E-state index in [0.29, 0.717) is 0 Å². The van der Waals surface area contributed by atoms with Gasteiger partial charge in [-0.1, -0.05) is 0 Å². The summed E-state index contributed by atoms with van der Waals surface area (Å²) in [6, 6.07) is 5.78. The van der Waals surface area contributed by atoms with E-state index in [1.54, 1.807) is 0 Å². The summed E-state index contributed by atoms with van der Waals surface area (Å²) in [7, 11) is -4.90. The van der Waals surface area contributed by atoms with Gasteiger partial charge in [-0.15, -0.1) is 0 Å².